The van der Waals surface area contributed by atoms with E-state index in [-0.39, 0.29) is 4.90 Å². The molecule has 2 atom stereocenters. The van der Waals surface area contributed by atoms with Gasteiger partial charge in [-0.3, -0.25) is 4.55 Å². The predicted molar refractivity (Wildman–Crippen MR) is 83.1 cm³/mol. The summed E-state index contributed by atoms with van der Waals surface area (Å²) in [6.07, 6.45) is 3.28. The average molecular weight is 316 g/mol. The molecule has 0 aliphatic heterocycles. The van der Waals surface area contributed by atoms with Gasteiger partial charge in [-0.15, -0.1) is 0 Å². The first-order valence-corrected chi connectivity index (χ1v) is 8.93. The highest BCUT2D eigenvalue weighted by Gasteiger charge is 2.25. The predicted octanol–water partition coefficient (Wildman–Crippen LogP) is 4.65. The van der Waals surface area contributed by atoms with E-state index in [1.807, 2.05) is 6.92 Å². The lowest BCUT2D eigenvalue weighted by Gasteiger charge is -2.20. The van der Waals surface area contributed by atoms with Gasteiger partial charge in [0.2, 0.25) is 0 Å². The number of hydrogen-bond donors (Lipinski definition) is 1. The number of halogens is 1. The van der Waals surface area contributed by atoms with E-state index in [9.17, 15) is 17.4 Å². The van der Waals surface area contributed by atoms with Gasteiger partial charge in [0.05, 0.1) is 4.90 Å². The Labute approximate surface area is 127 Å². The maximum absolute atomic E-state index is 14.3. The first kappa shape index (κ1) is 18.1. The summed E-state index contributed by atoms with van der Waals surface area (Å²) < 4.78 is 46.5. The van der Waals surface area contributed by atoms with Crippen molar-refractivity contribution in [2.75, 3.05) is 0 Å². The van der Waals surface area contributed by atoms with Crippen LogP contribution in [-0.2, 0) is 10.1 Å². The topological polar surface area (TPSA) is 54.4 Å². The SMILES string of the molecule is CCCCCC[C@H](F)[C@H](C)c1cc(C)ccc1S(=O)(=O)O. The van der Waals surface area contributed by atoms with E-state index in [1.54, 1.807) is 19.1 Å². The van der Waals surface area contributed by atoms with E-state index in [2.05, 4.69) is 6.92 Å². The molecule has 0 radical (unpaired) electrons. The zero-order valence-electron chi connectivity index (χ0n) is 13.0. The molecule has 1 rings (SSSR count). The zero-order valence-corrected chi connectivity index (χ0v) is 13.8. The molecule has 0 saturated heterocycles. The normalized spacial score (nSPS) is 14.9. The van der Waals surface area contributed by atoms with Gasteiger partial charge in [0.25, 0.3) is 10.1 Å². The van der Waals surface area contributed by atoms with Gasteiger partial charge in [-0.2, -0.15) is 8.42 Å². The smallest absolute Gasteiger partial charge is 0.282 e. The monoisotopic (exact) mass is 316 g/mol. The Kier molecular flexibility index (Phi) is 6.81. The standard InChI is InChI=1S/C16H25FO3S/c1-4-5-6-7-8-15(17)13(3)14-11-12(2)9-10-16(14)21(18,19)20/h9-11,13,15H,4-8H2,1-3H3,(H,18,19,20)/t13-,15+/m1/s1. The third-order valence-corrected chi connectivity index (χ3v) is 4.74. The minimum Gasteiger partial charge on any atom is -0.282 e. The molecule has 0 amide bonds. The Hall–Kier alpha value is -0.940. The molecule has 0 bridgehead atoms. The molecule has 5 heteroatoms. The van der Waals surface area contributed by atoms with Crippen molar-refractivity contribution in [2.24, 2.45) is 0 Å². The number of rotatable bonds is 8. The van der Waals surface area contributed by atoms with Crippen molar-refractivity contribution in [1.82, 2.24) is 0 Å². The molecule has 0 aliphatic carbocycles. The fraction of sp³-hybridized carbons (Fsp3) is 0.625. The van der Waals surface area contributed by atoms with Gasteiger partial charge in [0.15, 0.2) is 0 Å². The van der Waals surface area contributed by atoms with Crippen LogP contribution in [0.3, 0.4) is 0 Å². The van der Waals surface area contributed by atoms with Gasteiger partial charge >= 0.3 is 0 Å². The highest BCUT2D eigenvalue weighted by Crippen LogP contribution is 2.31. The summed E-state index contributed by atoms with van der Waals surface area (Å²) in [6.45, 7) is 5.59. The van der Waals surface area contributed by atoms with Crippen LogP contribution in [0.1, 0.15) is 63.0 Å². The number of unbranched alkanes of at least 4 members (excludes halogenated alkanes) is 3. The van der Waals surface area contributed by atoms with Crippen LogP contribution < -0.4 is 0 Å². The molecule has 3 nitrogen and oxygen atoms in total. The molecule has 0 heterocycles. The molecule has 1 N–H and O–H groups in total. The molecule has 0 spiro atoms. The van der Waals surface area contributed by atoms with Gasteiger partial charge in [-0.05, 0) is 25.0 Å². The molecule has 0 aliphatic rings. The van der Waals surface area contributed by atoms with Crippen molar-refractivity contribution >= 4 is 10.1 Å². The Bertz CT molecular complexity index is 555. The molecule has 0 unspecified atom stereocenters. The number of hydrogen-bond acceptors (Lipinski definition) is 2. The first-order chi connectivity index (χ1) is 9.77. The lowest BCUT2D eigenvalue weighted by atomic mass is 9.92. The number of benzene rings is 1. The fourth-order valence-corrected chi connectivity index (χ4v) is 3.25. The van der Waals surface area contributed by atoms with Gasteiger partial charge in [-0.25, -0.2) is 4.39 Å². The molecular formula is C16H25FO3S. The highest BCUT2D eigenvalue weighted by atomic mass is 32.2. The molecule has 0 fully saturated rings. The molecule has 1 aromatic carbocycles. The van der Waals surface area contributed by atoms with Crippen molar-refractivity contribution in [2.45, 2.75) is 69.9 Å². The molecule has 21 heavy (non-hydrogen) atoms. The highest BCUT2D eigenvalue weighted by molar-refractivity contribution is 7.85. The zero-order chi connectivity index (χ0) is 16.0. The van der Waals surface area contributed by atoms with Crippen LogP contribution >= 0.6 is 0 Å². The van der Waals surface area contributed by atoms with Gasteiger partial charge in [0, 0.05) is 5.92 Å². The summed E-state index contributed by atoms with van der Waals surface area (Å²) in [5.41, 5.74) is 1.21. The van der Waals surface area contributed by atoms with E-state index in [1.165, 1.54) is 6.07 Å². The van der Waals surface area contributed by atoms with Crippen molar-refractivity contribution in [3.05, 3.63) is 29.3 Å². The Morgan fingerprint density at radius 2 is 1.90 bits per heavy atom. The second-order valence-corrected chi connectivity index (χ2v) is 7.06. The van der Waals surface area contributed by atoms with E-state index in [0.717, 1.165) is 31.2 Å². The summed E-state index contributed by atoms with van der Waals surface area (Å²) in [5, 5.41) is 0. The molecule has 120 valence electrons. The molecule has 0 aromatic heterocycles. The second kappa shape index (κ2) is 7.90. The Morgan fingerprint density at radius 3 is 2.48 bits per heavy atom. The minimum atomic E-state index is -4.32. The van der Waals surface area contributed by atoms with Crippen LogP contribution in [-0.4, -0.2) is 19.1 Å². The van der Waals surface area contributed by atoms with E-state index >= 15 is 0 Å². The third kappa shape index (κ3) is 5.40. The van der Waals surface area contributed by atoms with Crippen molar-refractivity contribution in [3.63, 3.8) is 0 Å². The molecule has 1 aromatic rings. The van der Waals surface area contributed by atoms with Crippen molar-refractivity contribution in [1.29, 1.82) is 0 Å². The van der Waals surface area contributed by atoms with E-state index in [0.29, 0.717) is 12.0 Å². The quantitative estimate of drug-likeness (QED) is 0.561. The number of alkyl halides is 1. The van der Waals surface area contributed by atoms with Crippen molar-refractivity contribution in [3.8, 4) is 0 Å². The van der Waals surface area contributed by atoms with Crippen LogP contribution in [0, 0.1) is 6.92 Å². The maximum atomic E-state index is 14.3. The van der Waals surface area contributed by atoms with Crippen LogP contribution in [0.15, 0.2) is 23.1 Å². The summed E-state index contributed by atoms with van der Waals surface area (Å²) in [7, 11) is -4.32. The summed E-state index contributed by atoms with van der Waals surface area (Å²) in [5.74, 6) is -0.552. The summed E-state index contributed by atoms with van der Waals surface area (Å²) in [6, 6.07) is 4.60. The molecule has 0 saturated carbocycles. The van der Waals surface area contributed by atoms with Crippen LogP contribution in [0.2, 0.25) is 0 Å². The lowest BCUT2D eigenvalue weighted by molar-refractivity contribution is 0.264. The van der Waals surface area contributed by atoms with E-state index < -0.39 is 22.2 Å². The molecular weight excluding hydrogens is 291 g/mol. The fourth-order valence-electron chi connectivity index (χ4n) is 2.47. The maximum Gasteiger partial charge on any atom is 0.294 e. The Morgan fingerprint density at radius 1 is 1.24 bits per heavy atom. The van der Waals surface area contributed by atoms with Crippen LogP contribution in [0.4, 0.5) is 4.39 Å². The lowest BCUT2D eigenvalue weighted by Crippen LogP contribution is -2.15. The van der Waals surface area contributed by atoms with Crippen molar-refractivity contribution < 1.29 is 17.4 Å². The summed E-state index contributed by atoms with van der Waals surface area (Å²) in [4.78, 5) is -0.184. The van der Waals surface area contributed by atoms with E-state index in [4.69, 9.17) is 0 Å². The second-order valence-electron chi connectivity index (χ2n) is 5.67. The van der Waals surface area contributed by atoms with Crippen LogP contribution in [0.5, 0.6) is 0 Å². The Balaban J connectivity index is 2.90. The third-order valence-electron chi connectivity index (χ3n) is 3.81. The summed E-state index contributed by atoms with van der Waals surface area (Å²) >= 11 is 0. The first-order valence-electron chi connectivity index (χ1n) is 7.49. The largest absolute Gasteiger partial charge is 0.294 e. The number of aryl methyl sites for hydroxylation is 1. The minimum absolute atomic E-state index is 0.184. The van der Waals surface area contributed by atoms with Gasteiger partial charge in [0.1, 0.15) is 6.17 Å². The van der Waals surface area contributed by atoms with Crippen LogP contribution in [0.25, 0.3) is 0 Å². The average Bonchev–Trinajstić information content (AvgIpc) is 2.41. The van der Waals surface area contributed by atoms with Gasteiger partial charge < -0.3 is 0 Å². The van der Waals surface area contributed by atoms with Gasteiger partial charge in [-0.1, -0.05) is 57.2 Å².